The van der Waals surface area contributed by atoms with E-state index in [-0.39, 0.29) is 13.2 Å². The van der Waals surface area contributed by atoms with Crippen molar-refractivity contribution in [2.75, 3.05) is 0 Å². The highest BCUT2D eigenvalue weighted by atomic mass is 79.9. The van der Waals surface area contributed by atoms with E-state index in [0.717, 1.165) is 32.9 Å². The summed E-state index contributed by atoms with van der Waals surface area (Å²) in [5.41, 5.74) is 4.27. The number of benzene rings is 2. The van der Waals surface area contributed by atoms with Crippen molar-refractivity contribution in [2.24, 2.45) is 0 Å². The van der Waals surface area contributed by atoms with Crippen LogP contribution in [0.4, 0.5) is 0 Å². The molecule has 2 rings (SSSR count). The highest BCUT2D eigenvalue weighted by Gasteiger charge is 2.20. The Morgan fingerprint density at radius 2 is 1.18 bits per heavy atom. The fourth-order valence-electron chi connectivity index (χ4n) is 1.90. The minimum Gasteiger partial charge on any atom is -0.114 e. The molecule has 0 atom stereocenters. The van der Waals surface area contributed by atoms with Gasteiger partial charge in [0.25, 0.3) is 0 Å². The minimum absolute atomic E-state index is 0.275. The highest BCUT2D eigenvalue weighted by Crippen LogP contribution is 2.28. The lowest BCUT2D eigenvalue weighted by Crippen LogP contribution is -1.91. The maximum Gasteiger partial charge on any atom is 0.698 e. The summed E-state index contributed by atoms with van der Waals surface area (Å²) in [4.78, 5) is 0. The van der Waals surface area contributed by atoms with Crippen LogP contribution < -0.4 is 0 Å². The van der Waals surface area contributed by atoms with Crippen molar-refractivity contribution in [3.05, 3.63) is 70.8 Å². The Morgan fingerprint density at radius 1 is 0.773 bits per heavy atom. The van der Waals surface area contributed by atoms with Gasteiger partial charge >= 0.3 is 8.25 Å². The van der Waals surface area contributed by atoms with Crippen LogP contribution in [0.25, 0.3) is 0 Å². The van der Waals surface area contributed by atoms with Crippen LogP contribution in [-0.2, 0) is 37.5 Å². The van der Waals surface area contributed by atoms with Crippen molar-refractivity contribution >= 4 is 40.1 Å². The quantitative estimate of drug-likeness (QED) is 0.376. The summed E-state index contributed by atoms with van der Waals surface area (Å²) in [5.74, 6) is 0. The van der Waals surface area contributed by atoms with Crippen LogP contribution in [-0.4, -0.2) is 0 Å². The second kappa shape index (κ2) is 9.53. The van der Waals surface area contributed by atoms with E-state index < -0.39 is 8.25 Å². The second-order valence-corrected chi connectivity index (χ2v) is 6.76. The summed E-state index contributed by atoms with van der Waals surface area (Å²) in [5, 5.41) is 1.57. The number of halogens is 2. The van der Waals surface area contributed by atoms with Crippen molar-refractivity contribution in [2.45, 2.75) is 23.9 Å². The number of rotatable bonds is 8. The van der Waals surface area contributed by atoms with Crippen molar-refractivity contribution in [1.29, 1.82) is 0 Å². The van der Waals surface area contributed by atoms with Gasteiger partial charge < -0.3 is 0 Å². The Bertz CT molecular complexity index is 581. The highest BCUT2D eigenvalue weighted by molar-refractivity contribution is 9.08. The van der Waals surface area contributed by atoms with E-state index in [1.54, 1.807) is 0 Å². The molecule has 0 aliphatic heterocycles. The van der Waals surface area contributed by atoms with E-state index in [1.165, 1.54) is 0 Å². The van der Waals surface area contributed by atoms with Crippen LogP contribution in [0.3, 0.4) is 0 Å². The lowest BCUT2D eigenvalue weighted by Gasteiger charge is -2.00. The third kappa shape index (κ3) is 5.90. The molecule has 0 fully saturated rings. The molecule has 0 amide bonds. The predicted molar refractivity (Wildman–Crippen MR) is 95.3 cm³/mol. The number of hydrogen-bond donors (Lipinski definition) is 0. The first-order valence-electron chi connectivity index (χ1n) is 6.72. The Hall–Kier alpha value is -0.580. The Kier molecular flexibility index (Phi) is 7.70. The molecule has 0 bridgehead atoms. The molecule has 0 spiro atoms. The predicted octanol–water partition coefficient (Wildman–Crippen LogP) is 5.87. The molecule has 0 unspecified atom stereocenters. The van der Waals surface area contributed by atoms with Crippen molar-refractivity contribution < 1.29 is 13.6 Å². The van der Waals surface area contributed by atoms with Crippen LogP contribution in [0.2, 0.25) is 0 Å². The monoisotopic (exact) mass is 445 g/mol. The topological polar surface area (TPSA) is 35.5 Å². The number of alkyl halides is 2. The van der Waals surface area contributed by atoms with Gasteiger partial charge in [-0.3, -0.25) is 0 Å². The van der Waals surface area contributed by atoms with Crippen molar-refractivity contribution in [3.63, 3.8) is 0 Å². The molecule has 0 heterocycles. The zero-order chi connectivity index (χ0) is 15.8. The maximum absolute atomic E-state index is 11.8. The largest absolute Gasteiger partial charge is 0.698 e. The van der Waals surface area contributed by atoms with Crippen LogP contribution in [0.5, 0.6) is 0 Å². The lowest BCUT2D eigenvalue weighted by atomic mass is 10.1. The third-order valence-corrected chi connectivity index (χ3v) is 4.94. The summed E-state index contributed by atoms with van der Waals surface area (Å²) in [6, 6.07) is 15.8. The van der Waals surface area contributed by atoms with Crippen LogP contribution >= 0.6 is 40.1 Å². The van der Waals surface area contributed by atoms with Gasteiger partial charge in [-0.25, -0.2) is 0 Å². The molecular weight excluding hydrogens is 431 g/mol. The van der Waals surface area contributed by atoms with Gasteiger partial charge in [-0.2, -0.15) is 0 Å². The first kappa shape index (κ1) is 17.8. The molecule has 0 radical (unpaired) electrons. The molecule has 2 aromatic carbocycles. The zero-order valence-electron chi connectivity index (χ0n) is 11.9. The van der Waals surface area contributed by atoms with E-state index in [0.29, 0.717) is 0 Å². The molecule has 6 heteroatoms. The van der Waals surface area contributed by atoms with Gasteiger partial charge in [-0.15, -0.1) is 9.05 Å². The zero-order valence-corrected chi connectivity index (χ0v) is 15.9. The normalized spacial score (nSPS) is 10.6. The average molecular weight is 447 g/mol. The summed E-state index contributed by atoms with van der Waals surface area (Å²) < 4.78 is 22.3. The van der Waals surface area contributed by atoms with Gasteiger partial charge in [0.1, 0.15) is 13.2 Å². The van der Waals surface area contributed by atoms with E-state index >= 15 is 0 Å². The van der Waals surface area contributed by atoms with Crippen LogP contribution in [0, 0.1) is 0 Å². The fourth-order valence-corrected chi connectivity index (χ4v) is 3.18. The molecule has 0 saturated heterocycles. The molecule has 0 N–H and O–H groups in total. The van der Waals surface area contributed by atoms with Crippen molar-refractivity contribution in [1.82, 2.24) is 0 Å². The molecule has 116 valence electrons. The molecule has 0 aromatic heterocycles. The van der Waals surface area contributed by atoms with Crippen LogP contribution in [0.1, 0.15) is 22.3 Å². The standard InChI is InChI=1S/C16H16Br2O3P/c17-9-13-3-1-5-15(7-13)11-20-22(19)21-12-16-6-2-4-14(8-16)10-18/h1-8H,9-12H2/q+1. The molecular formula is C16H16Br2O3P+. The lowest BCUT2D eigenvalue weighted by molar-refractivity contribution is 0.213. The third-order valence-electron chi connectivity index (χ3n) is 2.96. The van der Waals surface area contributed by atoms with Gasteiger partial charge in [0, 0.05) is 15.2 Å². The summed E-state index contributed by atoms with van der Waals surface area (Å²) in [7, 11) is -2.13. The molecule has 22 heavy (non-hydrogen) atoms. The maximum atomic E-state index is 11.8. The van der Waals surface area contributed by atoms with Gasteiger partial charge in [0.05, 0.1) is 0 Å². The van der Waals surface area contributed by atoms with Gasteiger partial charge in [-0.05, 0) is 22.3 Å². The molecule has 0 aliphatic rings. The van der Waals surface area contributed by atoms with E-state index in [1.807, 2.05) is 48.5 Å². The van der Waals surface area contributed by atoms with Gasteiger partial charge in [0.2, 0.25) is 0 Å². The Morgan fingerprint density at radius 3 is 1.59 bits per heavy atom. The van der Waals surface area contributed by atoms with Gasteiger partial charge in [-0.1, -0.05) is 80.4 Å². The summed E-state index contributed by atoms with van der Waals surface area (Å²) >= 11 is 6.82. The summed E-state index contributed by atoms with van der Waals surface area (Å²) in [6.07, 6.45) is 0. The molecule has 0 aliphatic carbocycles. The SMILES string of the molecule is O=[P+](OCc1cccc(CBr)c1)OCc1cccc(CBr)c1. The van der Waals surface area contributed by atoms with Crippen molar-refractivity contribution in [3.8, 4) is 0 Å². The fraction of sp³-hybridized carbons (Fsp3) is 0.250. The number of hydrogen-bond acceptors (Lipinski definition) is 3. The smallest absolute Gasteiger partial charge is 0.114 e. The first-order valence-corrected chi connectivity index (χ1v) is 10.1. The van der Waals surface area contributed by atoms with E-state index in [4.69, 9.17) is 9.05 Å². The minimum atomic E-state index is -2.13. The van der Waals surface area contributed by atoms with E-state index in [2.05, 4.69) is 31.9 Å². The molecule has 3 nitrogen and oxygen atoms in total. The average Bonchev–Trinajstić information content (AvgIpc) is 2.58. The Labute approximate surface area is 148 Å². The molecule has 2 aromatic rings. The van der Waals surface area contributed by atoms with Gasteiger partial charge in [0.15, 0.2) is 0 Å². The first-order chi connectivity index (χ1) is 10.7. The van der Waals surface area contributed by atoms with E-state index in [9.17, 15) is 4.57 Å². The van der Waals surface area contributed by atoms with Crippen LogP contribution in [0.15, 0.2) is 48.5 Å². The second-order valence-electron chi connectivity index (χ2n) is 4.68. The molecule has 0 saturated carbocycles. The Balaban J connectivity index is 1.80. The summed E-state index contributed by atoms with van der Waals surface area (Å²) in [6.45, 7) is 0.551.